The fourth-order valence-corrected chi connectivity index (χ4v) is 2.99. The summed E-state index contributed by atoms with van der Waals surface area (Å²) in [4.78, 5) is 14.5. The Hall–Kier alpha value is -2.29. The molecule has 0 aliphatic carbocycles. The molecule has 25 heavy (non-hydrogen) atoms. The van der Waals surface area contributed by atoms with E-state index in [0.717, 1.165) is 44.5 Å². The summed E-state index contributed by atoms with van der Waals surface area (Å²) in [6, 6.07) is 18.5. The van der Waals surface area contributed by atoms with E-state index in [-0.39, 0.29) is 5.91 Å². The molecule has 0 atom stereocenters. The summed E-state index contributed by atoms with van der Waals surface area (Å²) in [5.41, 5.74) is 3.39. The lowest BCUT2D eigenvalue weighted by atomic mass is 10.1. The highest BCUT2D eigenvalue weighted by Crippen LogP contribution is 2.19. The molecule has 0 aliphatic rings. The zero-order chi connectivity index (χ0) is 17.9. The van der Waals surface area contributed by atoms with Gasteiger partial charge in [0.1, 0.15) is 0 Å². The molecule has 1 amide bonds. The lowest BCUT2D eigenvalue weighted by molar-refractivity contribution is -0.116. The van der Waals surface area contributed by atoms with Crippen molar-refractivity contribution in [2.24, 2.45) is 0 Å². The third kappa shape index (κ3) is 6.61. The fraction of sp³-hybridized carbons (Fsp3) is 0.409. The van der Waals surface area contributed by atoms with Gasteiger partial charge in [-0.05, 0) is 55.5 Å². The lowest BCUT2D eigenvalue weighted by Crippen LogP contribution is -2.24. The molecule has 134 valence electrons. The van der Waals surface area contributed by atoms with Crippen molar-refractivity contribution in [1.29, 1.82) is 0 Å². The van der Waals surface area contributed by atoms with Crippen LogP contribution in [0.2, 0.25) is 0 Å². The smallest absolute Gasteiger partial charge is 0.224 e. The van der Waals surface area contributed by atoms with Crippen LogP contribution in [-0.4, -0.2) is 19.0 Å². The molecule has 0 aromatic heterocycles. The van der Waals surface area contributed by atoms with Gasteiger partial charge in [0.15, 0.2) is 0 Å². The van der Waals surface area contributed by atoms with Crippen LogP contribution in [0.15, 0.2) is 54.6 Å². The summed E-state index contributed by atoms with van der Waals surface area (Å²) in [5, 5.41) is 3.00. The van der Waals surface area contributed by atoms with Crippen LogP contribution < -0.4 is 10.2 Å². The Kier molecular flexibility index (Phi) is 8.03. The quantitative estimate of drug-likeness (QED) is 0.639. The average Bonchev–Trinajstić information content (AvgIpc) is 2.63. The first kappa shape index (κ1) is 19.0. The van der Waals surface area contributed by atoms with E-state index in [9.17, 15) is 4.79 Å². The van der Waals surface area contributed by atoms with Crippen molar-refractivity contribution < 1.29 is 4.79 Å². The van der Waals surface area contributed by atoms with E-state index in [1.807, 2.05) is 30.3 Å². The zero-order valence-corrected chi connectivity index (χ0v) is 15.5. The summed E-state index contributed by atoms with van der Waals surface area (Å²) < 4.78 is 0. The normalized spacial score (nSPS) is 10.5. The first-order chi connectivity index (χ1) is 12.2. The molecule has 0 aliphatic heterocycles. The SMILES string of the molecule is CCCN(CCC)c1ccc(NC(=O)CCCc2ccccc2)cc1. The van der Waals surface area contributed by atoms with Gasteiger partial charge in [0.2, 0.25) is 5.91 Å². The maximum atomic E-state index is 12.1. The third-order valence-corrected chi connectivity index (χ3v) is 4.22. The number of nitrogens with one attached hydrogen (secondary N) is 1. The predicted molar refractivity (Wildman–Crippen MR) is 107 cm³/mol. The molecule has 0 saturated heterocycles. The van der Waals surface area contributed by atoms with Gasteiger partial charge in [-0.3, -0.25) is 4.79 Å². The molecule has 0 bridgehead atoms. The minimum Gasteiger partial charge on any atom is -0.372 e. The molecule has 2 aromatic rings. The second kappa shape index (κ2) is 10.5. The molecule has 0 fully saturated rings. The molecule has 3 nitrogen and oxygen atoms in total. The second-order valence-electron chi connectivity index (χ2n) is 6.42. The molecule has 3 heteroatoms. The predicted octanol–water partition coefficient (Wildman–Crippen LogP) is 5.27. The Morgan fingerprint density at radius 3 is 2.16 bits per heavy atom. The monoisotopic (exact) mass is 338 g/mol. The van der Waals surface area contributed by atoms with Crippen molar-refractivity contribution in [3.63, 3.8) is 0 Å². The van der Waals surface area contributed by atoms with Gasteiger partial charge in [-0.1, -0.05) is 44.2 Å². The van der Waals surface area contributed by atoms with E-state index in [1.165, 1.54) is 11.3 Å². The summed E-state index contributed by atoms with van der Waals surface area (Å²) >= 11 is 0. The Morgan fingerprint density at radius 1 is 0.920 bits per heavy atom. The van der Waals surface area contributed by atoms with Gasteiger partial charge in [-0.25, -0.2) is 0 Å². The number of carbonyl (C=O) groups excluding carboxylic acids is 1. The van der Waals surface area contributed by atoms with E-state index in [4.69, 9.17) is 0 Å². The van der Waals surface area contributed by atoms with Crippen LogP contribution in [0.5, 0.6) is 0 Å². The van der Waals surface area contributed by atoms with Crippen LogP contribution in [0.4, 0.5) is 11.4 Å². The maximum absolute atomic E-state index is 12.1. The number of benzene rings is 2. The van der Waals surface area contributed by atoms with Crippen molar-refractivity contribution in [3.05, 3.63) is 60.2 Å². The highest BCUT2D eigenvalue weighted by Gasteiger charge is 2.06. The standard InChI is InChI=1S/C22H30N2O/c1-3-17-24(18-4-2)21-15-13-20(14-16-21)23-22(25)12-8-11-19-9-6-5-7-10-19/h5-7,9-10,13-16H,3-4,8,11-12,17-18H2,1-2H3,(H,23,25). The Balaban J connectivity index is 1.80. The van der Waals surface area contributed by atoms with E-state index < -0.39 is 0 Å². The number of carbonyl (C=O) groups is 1. The maximum Gasteiger partial charge on any atom is 0.224 e. The van der Waals surface area contributed by atoms with E-state index in [2.05, 4.69) is 48.3 Å². The van der Waals surface area contributed by atoms with Gasteiger partial charge >= 0.3 is 0 Å². The molecule has 0 radical (unpaired) electrons. The van der Waals surface area contributed by atoms with Crippen LogP contribution in [0.1, 0.15) is 45.1 Å². The van der Waals surface area contributed by atoms with E-state index in [0.29, 0.717) is 6.42 Å². The van der Waals surface area contributed by atoms with Gasteiger partial charge in [-0.15, -0.1) is 0 Å². The first-order valence-electron chi connectivity index (χ1n) is 9.41. The summed E-state index contributed by atoms with van der Waals surface area (Å²) in [6.45, 7) is 6.54. The largest absolute Gasteiger partial charge is 0.372 e. The van der Waals surface area contributed by atoms with Gasteiger partial charge in [0.05, 0.1) is 0 Å². The van der Waals surface area contributed by atoms with E-state index >= 15 is 0 Å². The average molecular weight is 338 g/mol. The Morgan fingerprint density at radius 2 is 1.56 bits per heavy atom. The molecule has 0 unspecified atom stereocenters. The van der Waals surface area contributed by atoms with Crippen molar-refractivity contribution in [1.82, 2.24) is 0 Å². The Labute approximate surface area is 152 Å². The number of hydrogen-bond donors (Lipinski definition) is 1. The van der Waals surface area contributed by atoms with Crippen molar-refractivity contribution >= 4 is 17.3 Å². The summed E-state index contributed by atoms with van der Waals surface area (Å²) in [7, 11) is 0. The van der Waals surface area contributed by atoms with Crippen LogP contribution in [0, 0.1) is 0 Å². The van der Waals surface area contributed by atoms with Crippen LogP contribution in [-0.2, 0) is 11.2 Å². The molecule has 0 heterocycles. The molecular weight excluding hydrogens is 308 g/mol. The summed E-state index contributed by atoms with van der Waals surface area (Å²) in [5.74, 6) is 0.0858. The minimum absolute atomic E-state index is 0.0858. The Bertz CT molecular complexity index is 616. The number of aryl methyl sites for hydroxylation is 1. The summed E-state index contributed by atoms with van der Waals surface area (Å²) in [6.07, 6.45) is 4.64. The highest BCUT2D eigenvalue weighted by molar-refractivity contribution is 5.90. The molecule has 0 spiro atoms. The molecule has 2 aromatic carbocycles. The molecule has 2 rings (SSSR count). The van der Waals surface area contributed by atoms with Crippen LogP contribution in [0.25, 0.3) is 0 Å². The molecule has 1 N–H and O–H groups in total. The first-order valence-corrected chi connectivity index (χ1v) is 9.41. The number of rotatable bonds is 10. The molecule has 0 saturated carbocycles. The lowest BCUT2D eigenvalue weighted by Gasteiger charge is -2.24. The van der Waals surface area contributed by atoms with Crippen LogP contribution in [0.3, 0.4) is 0 Å². The highest BCUT2D eigenvalue weighted by atomic mass is 16.1. The van der Waals surface area contributed by atoms with E-state index in [1.54, 1.807) is 0 Å². The number of hydrogen-bond acceptors (Lipinski definition) is 2. The number of nitrogens with zero attached hydrogens (tertiary/aromatic N) is 1. The van der Waals surface area contributed by atoms with Crippen molar-refractivity contribution in [3.8, 4) is 0 Å². The van der Waals surface area contributed by atoms with Crippen LogP contribution >= 0.6 is 0 Å². The van der Waals surface area contributed by atoms with Gasteiger partial charge in [0.25, 0.3) is 0 Å². The number of amides is 1. The zero-order valence-electron chi connectivity index (χ0n) is 15.5. The van der Waals surface area contributed by atoms with Gasteiger partial charge in [0, 0.05) is 30.9 Å². The third-order valence-electron chi connectivity index (χ3n) is 4.22. The molecular formula is C22H30N2O. The van der Waals surface area contributed by atoms with Gasteiger partial charge < -0.3 is 10.2 Å². The second-order valence-corrected chi connectivity index (χ2v) is 6.42. The fourth-order valence-electron chi connectivity index (χ4n) is 2.99. The van der Waals surface area contributed by atoms with Crippen molar-refractivity contribution in [2.45, 2.75) is 46.0 Å². The topological polar surface area (TPSA) is 32.3 Å². The number of anilines is 2. The minimum atomic E-state index is 0.0858. The van der Waals surface area contributed by atoms with Gasteiger partial charge in [-0.2, -0.15) is 0 Å². The van der Waals surface area contributed by atoms with Crippen molar-refractivity contribution in [2.75, 3.05) is 23.3 Å².